The van der Waals surface area contributed by atoms with E-state index in [0.29, 0.717) is 33.4 Å². The maximum absolute atomic E-state index is 14.0. The Balaban J connectivity index is 1.26. The molecule has 0 amide bonds. The highest BCUT2D eigenvalue weighted by molar-refractivity contribution is 7.92. The largest absolute Gasteiger partial charge is 0.433 e. The van der Waals surface area contributed by atoms with Crippen molar-refractivity contribution < 1.29 is 26.7 Å². The quantitative estimate of drug-likeness (QED) is 0.167. The maximum atomic E-state index is 14.0. The minimum atomic E-state index is -3.99. The zero-order valence-corrected chi connectivity index (χ0v) is 25.0. The van der Waals surface area contributed by atoms with Gasteiger partial charge in [-0.2, -0.15) is 5.10 Å². The molecule has 0 fully saturated rings. The number of aryl methyl sites for hydroxylation is 2. The Kier molecular flexibility index (Phi) is 7.46. The van der Waals surface area contributed by atoms with Crippen LogP contribution in [0.4, 0.5) is 20.3 Å². The van der Waals surface area contributed by atoms with Crippen molar-refractivity contribution in [1.82, 2.24) is 24.7 Å². The van der Waals surface area contributed by atoms with Gasteiger partial charge in [-0.3, -0.25) is 14.5 Å². The van der Waals surface area contributed by atoms with Crippen molar-refractivity contribution in [3.8, 4) is 17.3 Å². The highest BCUT2D eigenvalue weighted by Crippen LogP contribution is 2.31. The Morgan fingerprint density at radius 1 is 1.02 bits per heavy atom. The number of nitrogens with two attached hydrogens (primary N) is 1. The Morgan fingerprint density at radius 2 is 1.78 bits per heavy atom. The Morgan fingerprint density at radius 3 is 2.49 bits per heavy atom. The van der Waals surface area contributed by atoms with Gasteiger partial charge in [0.05, 0.1) is 40.0 Å². The van der Waals surface area contributed by atoms with Crippen molar-refractivity contribution in [2.45, 2.75) is 18.7 Å². The lowest BCUT2D eigenvalue weighted by molar-refractivity contribution is 0.103. The molecule has 0 bridgehead atoms. The SMILES string of the molecule is Cc1cc2cc(C(=O)c3cnn(-c4cnc(Oc5c(F)cccc5F)cc4C)c3N)[nH]c2cc1NS(=O)(=O)c1cncc(Cl)c1. The van der Waals surface area contributed by atoms with Crippen LogP contribution in [-0.2, 0) is 10.0 Å². The first-order valence-electron chi connectivity index (χ1n) is 13.1. The third-order valence-corrected chi connectivity index (χ3v) is 8.45. The lowest BCUT2D eigenvalue weighted by Crippen LogP contribution is -2.14. The van der Waals surface area contributed by atoms with Gasteiger partial charge in [-0.15, -0.1) is 0 Å². The summed E-state index contributed by atoms with van der Waals surface area (Å²) in [5.41, 5.74) is 9.00. The molecule has 0 unspecified atom stereocenters. The number of ketones is 1. The van der Waals surface area contributed by atoms with Crippen LogP contribution in [0.5, 0.6) is 11.6 Å². The number of ether oxygens (including phenoxy) is 1. The number of para-hydroxylation sites is 1. The summed E-state index contributed by atoms with van der Waals surface area (Å²) in [7, 11) is -3.99. The van der Waals surface area contributed by atoms with Gasteiger partial charge in [-0.25, -0.2) is 26.9 Å². The minimum absolute atomic E-state index is 0.0251. The van der Waals surface area contributed by atoms with Gasteiger partial charge in [0.2, 0.25) is 17.4 Å². The highest BCUT2D eigenvalue weighted by atomic mass is 35.5. The van der Waals surface area contributed by atoms with Crippen molar-refractivity contribution in [2.75, 3.05) is 10.5 Å². The number of nitrogens with zero attached hydrogens (tertiary/aromatic N) is 4. The summed E-state index contributed by atoms with van der Waals surface area (Å²) in [6.07, 6.45) is 5.18. The predicted molar refractivity (Wildman–Crippen MR) is 163 cm³/mol. The van der Waals surface area contributed by atoms with Gasteiger partial charge in [0.1, 0.15) is 10.7 Å². The number of benzene rings is 2. The second-order valence-electron chi connectivity index (χ2n) is 10.0. The third-order valence-electron chi connectivity index (χ3n) is 6.91. The number of carbonyl (C=O) groups is 1. The van der Waals surface area contributed by atoms with Crippen molar-refractivity contribution in [1.29, 1.82) is 0 Å². The van der Waals surface area contributed by atoms with Crippen LogP contribution >= 0.6 is 11.6 Å². The monoisotopic (exact) mass is 649 g/mol. The number of rotatable bonds is 8. The molecule has 6 rings (SSSR count). The van der Waals surface area contributed by atoms with E-state index in [1.54, 1.807) is 32.0 Å². The summed E-state index contributed by atoms with van der Waals surface area (Å²) < 4.78 is 63.0. The Labute approximate surface area is 259 Å². The second kappa shape index (κ2) is 11.3. The molecule has 2 aromatic carbocycles. The van der Waals surface area contributed by atoms with Crippen LogP contribution in [0.25, 0.3) is 16.6 Å². The molecule has 0 spiro atoms. The Bertz CT molecular complexity index is 2230. The molecule has 0 atom stereocenters. The molecule has 6 aromatic rings. The Hall–Kier alpha value is -5.34. The summed E-state index contributed by atoms with van der Waals surface area (Å²) in [4.78, 5) is 24.4. The number of hydrogen-bond donors (Lipinski definition) is 3. The molecular formula is C30H22ClF2N7O4S. The molecule has 4 heterocycles. The van der Waals surface area contributed by atoms with Gasteiger partial charge in [0.15, 0.2) is 11.6 Å². The van der Waals surface area contributed by atoms with Crippen LogP contribution in [0.1, 0.15) is 27.2 Å². The van der Waals surface area contributed by atoms with Gasteiger partial charge in [0.25, 0.3) is 10.0 Å². The summed E-state index contributed by atoms with van der Waals surface area (Å²) in [5.74, 6) is -2.82. The molecule has 4 aromatic heterocycles. The minimum Gasteiger partial charge on any atom is -0.433 e. The smallest absolute Gasteiger partial charge is 0.263 e. The number of nitrogens with one attached hydrogen (secondary N) is 2. The third kappa shape index (κ3) is 5.68. The molecule has 0 aliphatic carbocycles. The maximum Gasteiger partial charge on any atom is 0.263 e. The summed E-state index contributed by atoms with van der Waals surface area (Å²) in [6, 6.07) is 11.0. The van der Waals surface area contributed by atoms with Gasteiger partial charge in [0, 0.05) is 29.4 Å². The van der Waals surface area contributed by atoms with E-state index in [1.807, 2.05) is 0 Å². The molecule has 0 saturated heterocycles. The van der Waals surface area contributed by atoms with Gasteiger partial charge in [-0.05, 0) is 61.4 Å². The summed E-state index contributed by atoms with van der Waals surface area (Å²) >= 11 is 5.91. The van der Waals surface area contributed by atoms with E-state index < -0.39 is 33.2 Å². The summed E-state index contributed by atoms with van der Waals surface area (Å²) in [5, 5.41) is 5.10. The van der Waals surface area contributed by atoms with Crippen LogP contribution in [0.3, 0.4) is 0 Å². The first kappa shape index (κ1) is 29.7. The van der Waals surface area contributed by atoms with E-state index in [9.17, 15) is 22.0 Å². The topological polar surface area (TPSA) is 158 Å². The molecule has 4 N–H and O–H groups in total. The van der Waals surface area contributed by atoms with E-state index in [4.69, 9.17) is 22.1 Å². The van der Waals surface area contributed by atoms with Crippen LogP contribution in [0, 0.1) is 25.5 Å². The van der Waals surface area contributed by atoms with E-state index >= 15 is 0 Å². The van der Waals surface area contributed by atoms with Crippen molar-refractivity contribution >= 4 is 49.8 Å². The van der Waals surface area contributed by atoms with Gasteiger partial charge >= 0.3 is 0 Å². The fourth-order valence-corrected chi connectivity index (χ4v) is 5.97. The standard InChI is InChI=1S/C30H22ClF2N7O4S/c1-15-6-17-8-25(38-24(17)10-23(15)39-45(42,43)19-9-18(31)11-35-12-19)28(41)20-13-37-40(30(20)34)26-14-36-27(7-16(26)2)44-29-21(32)4-3-5-22(29)33/h3-14,38-39H,34H2,1-2H3. The number of aromatic amines is 1. The van der Waals surface area contributed by atoms with Crippen molar-refractivity contribution in [3.05, 3.63) is 112 Å². The van der Waals surface area contributed by atoms with Crippen molar-refractivity contribution in [2.24, 2.45) is 0 Å². The molecule has 0 aliphatic heterocycles. The zero-order chi connectivity index (χ0) is 32.0. The number of nitrogen functional groups attached to an aromatic ring is 1. The van der Waals surface area contributed by atoms with E-state index in [-0.39, 0.29) is 32.9 Å². The van der Waals surface area contributed by atoms with Crippen LogP contribution in [0.2, 0.25) is 5.02 Å². The van der Waals surface area contributed by atoms with Crippen molar-refractivity contribution in [3.63, 3.8) is 0 Å². The average molecular weight is 650 g/mol. The fourth-order valence-electron chi connectivity index (χ4n) is 4.62. The molecule has 0 radical (unpaired) electrons. The number of halogens is 3. The number of fused-ring (bicyclic) bond motifs is 1. The highest BCUT2D eigenvalue weighted by Gasteiger charge is 2.22. The number of anilines is 2. The van der Waals surface area contributed by atoms with E-state index in [0.717, 1.165) is 12.1 Å². The average Bonchev–Trinajstić information content (AvgIpc) is 3.58. The first-order chi connectivity index (χ1) is 21.4. The molecule has 0 saturated carbocycles. The van der Waals surface area contributed by atoms with Gasteiger partial charge < -0.3 is 15.5 Å². The predicted octanol–water partition coefficient (Wildman–Crippen LogP) is 6.10. The first-order valence-corrected chi connectivity index (χ1v) is 15.0. The normalized spacial score (nSPS) is 11.6. The fraction of sp³-hybridized carbons (Fsp3) is 0.0667. The molecule has 228 valence electrons. The molecule has 45 heavy (non-hydrogen) atoms. The van der Waals surface area contributed by atoms with Gasteiger partial charge in [-0.1, -0.05) is 17.7 Å². The van der Waals surface area contributed by atoms with E-state index in [1.165, 1.54) is 47.7 Å². The lowest BCUT2D eigenvalue weighted by Gasteiger charge is -2.11. The van der Waals surface area contributed by atoms with Crippen LogP contribution in [-0.4, -0.2) is 38.9 Å². The second-order valence-corrected chi connectivity index (χ2v) is 12.1. The zero-order valence-electron chi connectivity index (χ0n) is 23.5. The molecule has 0 aliphatic rings. The van der Waals surface area contributed by atoms with Crippen LogP contribution in [0.15, 0.2) is 78.2 Å². The van der Waals surface area contributed by atoms with E-state index in [2.05, 4.69) is 24.8 Å². The number of pyridine rings is 2. The molecular weight excluding hydrogens is 628 g/mol. The van der Waals surface area contributed by atoms with Crippen LogP contribution < -0.4 is 15.2 Å². The summed E-state index contributed by atoms with van der Waals surface area (Å²) in [6.45, 7) is 3.42. The lowest BCUT2D eigenvalue weighted by atomic mass is 10.1. The number of aromatic nitrogens is 5. The molecule has 11 nitrogen and oxygen atoms in total. The number of carbonyl (C=O) groups excluding carboxylic acids is 1. The number of hydrogen-bond acceptors (Lipinski definition) is 8. The number of sulfonamides is 1. The number of H-pyrrole nitrogens is 1. The molecule has 15 heteroatoms.